The Morgan fingerprint density at radius 3 is 2.74 bits per heavy atom. The van der Waals surface area contributed by atoms with E-state index in [1.165, 1.54) is 11.8 Å². The highest BCUT2D eigenvalue weighted by Gasteiger charge is 2.21. The van der Waals surface area contributed by atoms with E-state index in [-0.39, 0.29) is 22.8 Å². The molecule has 142 valence electrons. The van der Waals surface area contributed by atoms with E-state index < -0.39 is 0 Å². The fraction of sp³-hybridized carbons (Fsp3) is 0.350. The molecule has 3 rings (SSSR count). The highest BCUT2D eigenvalue weighted by atomic mass is 32.2. The lowest BCUT2D eigenvalue weighted by Gasteiger charge is -2.20. The monoisotopic (exact) mass is 401 g/mol. The number of rotatable bonds is 7. The summed E-state index contributed by atoms with van der Waals surface area (Å²) in [7, 11) is 0. The summed E-state index contributed by atoms with van der Waals surface area (Å²) in [6, 6.07) is 11.3. The van der Waals surface area contributed by atoms with Crippen LogP contribution in [-0.4, -0.2) is 20.7 Å². The van der Waals surface area contributed by atoms with Crippen LogP contribution in [0.1, 0.15) is 38.1 Å². The Morgan fingerprint density at radius 1 is 1.26 bits per heavy atom. The van der Waals surface area contributed by atoms with Gasteiger partial charge in [0, 0.05) is 10.9 Å². The summed E-state index contributed by atoms with van der Waals surface area (Å²) in [4.78, 5) is 31.3. The lowest BCUT2D eigenvalue weighted by Crippen LogP contribution is -2.32. The van der Waals surface area contributed by atoms with Gasteiger partial charge >= 0.3 is 0 Å². The van der Waals surface area contributed by atoms with Gasteiger partial charge in [-0.3, -0.25) is 14.2 Å². The molecule has 1 aromatic carbocycles. The van der Waals surface area contributed by atoms with Crippen molar-refractivity contribution in [1.82, 2.24) is 14.9 Å². The van der Waals surface area contributed by atoms with Crippen molar-refractivity contribution in [2.45, 2.75) is 50.2 Å². The van der Waals surface area contributed by atoms with Crippen molar-refractivity contribution in [1.29, 1.82) is 0 Å². The molecule has 2 heterocycles. The van der Waals surface area contributed by atoms with Gasteiger partial charge in [-0.25, -0.2) is 4.98 Å². The van der Waals surface area contributed by atoms with E-state index in [0.29, 0.717) is 22.6 Å². The molecule has 0 aliphatic carbocycles. The van der Waals surface area contributed by atoms with Gasteiger partial charge in [0.05, 0.1) is 22.7 Å². The fourth-order valence-electron chi connectivity index (χ4n) is 2.72. The van der Waals surface area contributed by atoms with E-state index in [1.807, 2.05) is 56.5 Å². The smallest absolute Gasteiger partial charge is 0.262 e. The fourth-order valence-corrected chi connectivity index (χ4v) is 4.40. The quantitative estimate of drug-likeness (QED) is 0.475. The molecule has 0 radical (unpaired) electrons. The summed E-state index contributed by atoms with van der Waals surface area (Å²) in [6.45, 7) is 6.41. The zero-order valence-corrected chi connectivity index (χ0v) is 17.3. The first kappa shape index (κ1) is 19.6. The molecule has 3 aromatic rings. The molecule has 7 heteroatoms. The van der Waals surface area contributed by atoms with E-state index in [9.17, 15) is 9.59 Å². The third-order valence-corrected chi connectivity index (χ3v) is 6.42. The van der Waals surface area contributed by atoms with Gasteiger partial charge in [0.15, 0.2) is 5.16 Å². The number of thioether (sulfide) groups is 1. The minimum atomic E-state index is -0.353. The van der Waals surface area contributed by atoms with Crippen LogP contribution in [0.3, 0.4) is 0 Å². The molecule has 2 aromatic heterocycles. The van der Waals surface area contributed by atoms with Crippen LogP contribution in [-0.2, 0) is 11.3 Å². The number of hydrogen-bond donors (Lipinski definition) is 1. The number of carbonyl (C=O) groups is 1. The number of amides is 1. The molecule has 0 saturated carbocycles. The molecule has 1 amide bonds. The summed E-state index contributed by atoms with van der Waals surface area (Å²) in [6.07, 6.45) is 0.812. The maximum absolute atomic E-state index is 13.0. The minimum Gasteiger partial charge on any atom is -0.350 e. The van der Waals surface area contributed by atoms with E-state index in [1.54, 1.807) is 22.0 Å². The van der Waals surface area contributed by atoms with Crippen LogP contribution in [0.15, 0.2) is 51.7 Å². The van der Waals surface area contributed by atoms with Gasteiger partial charge < -0.3 is 5.32 Å². The minimum absolute atomic E-state index is 0.0125. The Morgan fingerprint density at radius 2 is 2.04 bits per heavy atom. The third-order valence-electron chi connectivity index (χ3n) is 4.48. The average molecular weight is 402 g/mol. The van der Waals surface area contributed by atoms with Crippen LogP contribution in [0, 0.1) is 0 Å². The molecule has 2 atom stereocenters. The van der Waals surface area contributed by atoms with Crippen molar-refractivity contribution in [3.05, 3.63) is 57.0 Å². The number of aromatic nitrogens is 2. The van der Waals surface area contributed by atoms with Crippen molar-refractivity contribution in [3.8, 4) is 0 Å². The van der Waals surface area contributed by atoms with Crippen LogP contribution in [0.5, 0.6) is 0 Å². The van der Waals surface area contributed by atoms with Gasteiger partial charge in [-0.05, 0) is 43.8 Å². The van der Waals surface area contributed by atoms with Gasteiger partial charge in [-0.2, -0.15) is 0 Å². The van der Waals surface area contributed by atoms with Crippen LogP contribution >= 0.6 is 23.1 Å². The second kappa shape index (κ2) is 8.71. The van der Waals surface area contributed by atoms with Gasteiger partial charge in [0.1, 0.15) is 0 Å². The summed E-state index contributed by atoms with van der Waals surface area (Å²) in [5, 5.41) is 5.79. The maximum Gasteiger partial charge on any atom is 0.262 e. The van der Waals surface area contributed by atoms with Crippen molar-refractivity contribution in [2.24, 2.45) is 0 Å². The van der Waals surface area contributed by atoms with E-state index >= 15 is 0 Å². The number of nitrogens with one attached hydrogen (secondary N) is 1. The topological polar surface area (TPSA) is 64.0 Å². The second-order valence-electron chi connectivity index (χ2n) is 6.40. The first-order valence-corrected chi connectivity index (χ1v) is 10.7. The van der Waals surface area contributed by atoms with Crippen molar-refractivity contribution in [2.75, 3.05) is 0 Å². The number of nitrogens with zero attached hydrogens (tertiary/aromatic N) is 2. The first-order valence-electron chi connectivity index (χ1n) is 8.99. The predicted molar refractivity (Wildman–Crippen MR) is 112 cm³/mol. The summed E-state index contributed by atoms with van der Waals surface area (Å²) in [5.74, 6) is -0.0634. The molecule has 27 heavy (non-hydrogen) atoms. The molecule has 1 N–H and O–H groups in total. The molecule has 0 fully saturated rings. The Bertz CT molecular complexity index is 983. The Kier molecular flexibility index (Phi) is 6.34. The van der Waals surface area contributed by atoms with E-state index in [0.717, 1.165) is 11.3 Å². The second-order valence-corrected chi connectivity index (χ2v) is 8.74. The SMILES string of the molecule is CC[C@H](C)n1c(S[C@@H](C)C(=O)NCc2cccs2)nc2ccccc2c1=O. The van der Waals surface area contributed by atoms with Crippen molar-refractivity contribution < 1.29 is 4.79 Å². The normalized spacial score (nSPS) is 13.4. The highest BCUT2D eigenvalue weighted by Crippen LogP contribution is 2.26. The van der Waals surface area contributed by atoms with Crippen molar-refractivity contribution >= 4 is 39.9 Å². The molecule has 0 bridgehead atoms. The molecule has 0 unspecified atom stereocenters. The number of thiophene rings is 1. The number of para-hydroxylation sites is 1. The first-order chi connectivity index (χ1) is 13.0. The highest BCUT2D eigenvalue weighted by molar-refractivity contribution is 8.00. The molecule has 0 aliphatic rings. The molecule has 0 saturated heterocycles. The Balaban J connectivity index is 1.86. The van der Waals surface area contributed by atoms with Gasteiger partial charge in [0.2, 0.25) is 5.91 Å². The van der Waals surface area contributed by atoms with Gasteiger partial charge in [0.25, 0.3) is 5.56 Å². The van der Waals surface area contributed by atoms with Crippen LogP contribution in [0.4, 0.5) is 0 Å². The largest absolute Gasteiger partial charge is 0.350 e. The van der Waals surface area contributed by atoms with Gasteiger partial charge in [-0.1, -0.05) is 36.9 Å². The average Bonchev–Trinajstić information content (AvgIpc) is 3.19. The number of fused-ring (bicyclic) bond motifs is 1. The molecular formula is C20H23N3O2S2. The zero-order valence-electron chi connectivity index (χ0n) is 15.6. The standard InChI is InChI=1S/C20H23N3O2S2/c1-4-13(2)23-19(25)16-9-5-6-10-17(16)22-20(23)27-14(3)18(24)21-12-15-8-7-11-26-15/h5-11,13-14H,4,12H2,1-3H3,(H,21,24)/t13-,14-/m0/s1. The summed E-state index contributed by atoms with van der Waals surface area (Å²) >= 11 is 2.95. The molecule has 0 spiro atoms. The predicted octanol–water partition coefficient (Wildman–Crippen LogP) is 4.23. The lowest BCUT2D eigenvalue weighted by atomic mass is 10.2. The van der Waals surface area contributed by atoms with Crippen LogP contribution in [0.25, 0.3) is 10.9 Å². The zero-order chi connectivity index (χ0) is 19.4. The number of carbonyl (C=O) groups excluding carboxylic acids is 1. The van der Waals surface area contributed by atoms with Crippen LogP contribution < -0.4 is 10.9 Å². The number of hydrogen-bond acceptors (Lipinski definition) is 5. The number of benzene rings is 1. The maximum atomic E-state index is 13.0. The molecule has 0 aliphatic heterocycles. The lowest BCUT2D eigenvalue weighted by molar-refractivity contribution is -0.120. The summed E-state index contributed by atoms with van der Waals surface area (Å²) < 4.78 is 1.72. The Labute approximate surface area is 166 Å². The third kappa shape index (κ3) is 4.42. The molecular weight excluding hydrogens is 378 g/mol. The van der Waals surface area contributed by atoms with Gasteiger partial charge in [-0.15, -0.1) is 11.3 Å². The van der Waals surface area contributed by atoms with E-state index in [2.05, 4.69) is 10.3 Å². The van der Waals surface area contributed by atoms with E-state index in [4.69, 9.17) is 0 Å². The Hall–Kier alpha value is -2.12. The van der Waals surface area contributed by atoms with Crippen LogP contribution in [0.2, 0.25) is 0 Å². The summed E-state index contributed by atoms with van der Waals surface area (Å²) in [5.41, 5.74) is 0.611. The van der Waals surface area contributed by atoms with Crippen molar-refractivity contribution in [3.63, 3.8) is 0 Å². The molecule has 5 nitrogen and oxygen atoms in total.